The van der Waals surface area contributed by atoms with E-state index in [9.17, 15) is 34.5 Å². The quantitative estimate of drug-likeness (QED) is 0.0228. The highest BCUT2D eigenvalue weighted by atomic mass is 16.7. The molecule has 6 unspecified atom stereocenters. The lowest BCUT2D eigenvalue weighted by molar-refractivity contribution is -0.301. The van der Waals surface area contributed by atoms with Gasteiger partial charge in [-0.3, -0.25) is 14.4 Å². The van der Waals surface area contributed by atoms with Gasteiger partial charge in [-0.25, -0.2) is 4.79 Å². The molecule has 0 spiro atoms. The fourth-order valence-corrected chi connectivity index (χ4v) is 11.7. The second-order valence-corrected chi connectivity index (χ2v) is 25.6. The van der Waals surface area contributed by atoms with Crippen LogP contribution in [0.2, 0.25) is 0 Å². The first kappa shape index (κ1) is 80.5. The summed E-state index contributed by atoms with van der Waals surface area (Å²) in [5.74, 6) is -3.06. The van der Waals surface area contributed by atoms with Crippen LogP contribution < -0.4 is 0 Å². The van der Waals surface area contributed by atoms with Crippen molar-refractivity contribution < 1.29 is 58.2 Å². The summed E-state index contributed by atoms with van der Waals surface area (Å²) in [6.07, 6.45) is 60.2. The lowest BCUT2D eigenvalue weighted by Gasteiger charge is -2.40. The third-order valence-electron chi connectivity index (χ3n) is 17.3. The number of carboxylic acid groups (broad SMARTS) is 1. The molecule has 1 fully saturated rings. The Morgan fingerprint density at radius 2 is 0.671 bits per heavy atom. The molecular weight excluding hydrogens is 1070 g/mol. The van der Waals surface area contributed by atoms with Crippen LogP contribution in [0.15, 0.2) is 12.2 Å². The fourth-order valence-electron chi connectivity index (χ4n) is 11.7. The minimum absolute atomic E-state index is 0.0700. The van der Waals surface area contributed by atoms with Gasteiger partial charge in [0.1, 0.15) is 18.8 Å². The van der Waals surface area contributed by atoms with Crippen LogP contribution in [-0.2, 0) is 42.9 Å². The van der Waals surface area contributed by atoms with Crippen molar-refractivity contribution in [1.82, 2.24) is 0 Å². The average Bonchev–Trinajstić information content (AvgIpc) is 3.51. The Kier molecular flexibility index (Phi) is 58.4. The molecule has 0 aromatic carbocycles. The number of aliphatic hydroxyl groups is 2. The van der Waals surface area contributed by atoms with Crippen LogP contribution in [0.3, 0.4) is 0 Å². The molecule has 1 aliphatic rings. The number of carbonyl (C=O) groups is 4. The van der Waals surface area contributed by atoms with Gasteiger partial charge in [0.25, 0.3) is 0 Å². The molecule has 3 N–H and O–H groups in total. The summed E-state index contributed by atoms with van der Waals surface area (Å²) < 4.78 is 28.7. The Bertz CT molecular complexity index is 1520. The molecular formula is C73H136O12. The van der Waals surface area contributed by atoms with E-state index in [1.54, 1.807) is 0 Å². The van der Waals surface area contributed by atoms with Crippen LogP contribution in [0.4, 0.5) is 0 Å². The number of esters is 3. The summed E-state index contributed by atoms with van der Waals surface area (Å²) in [4.78, 5) is 51.5. The summed E-state index contributed by atoms with van der Waals surface area (Å²) in [6, 6.07) is 0. The number of unbranched alkanes of at least 4 members (excludes halogenated alkanes) is 49. The van der Waals surface area contributed by atoms with Crippen molar-refractivity contribution in [3.05, 3.63) is 12.2 Å². The number of hydrogen-bond donors (Lipinski definition) is 3. The molecule has 1 heterocycles. The predicted octanol–water partition coefficient (Wildman–Crippen LogP) is 20.4. The molecule has 1 rings (SSSR count). The van der Waals surface area contributed by atoms with Gasteiger partial charge in [0.15, 0.2) is 24.6 Å². The highest BCUT2D eigenvalue weighted by Crippen LogP contribution is 2.27. The monoisotopic (exact) mass is 1210 g/mol. The third kappa shape index (κ3) is 51.0. The summed E-state index contributed by atoms with van der Waals surface area (Å²) in [6.45, 7) is 6.09. The molecule has 0 aliphatic carbocycles. The summed E-state index contributed by atoms with van der Waals surface area (Å²) in [7, 11) is 0. The van der Waals surface area contributed by atoms with Gasteiger partial charge in [-0.15, -0.1) is 0 Å². The van der Waals surface area contributed by atoms with Gasteiger partial charge in [0.05, 0.1) is 6.61 Å². The van der Waals surface area contributed by atoms with Gasteiger partial charge in [-0.1, -0.05) is 328 Å². The first-order valence-electron chi connectivity index (χ1n) is 36.7. The zero-order chi connectivity index (χ0) is 61.7. The van der Waals surface area contributed by atoms with Gasteiger partial charge in [0.2, 0.25) is 0 Å². The highest BCUT2D eigenvalue weighted by molar-refractivity contribution is 5.74. The molecule has 1 aliphatic heterocycles. The van der Waals surface area contributed by atoms with E-state index in [2.05, 4.69) is 32.9 Å². The average molecular weight is 1210 g/mol. The Labute approximate surface area is 522 Å². The van der Waals surface area contributed by atoms with Gasteiger partial charge in [-0.2, -0.15) is 0 Å². The minimum Gasteiger partial charge on any atom is -0.479 e. The van der Waals surface area contributed by atoms with E-state index < -0.39 is 67.3 Å². The van der Waals surface area contributed by atoms with Crippen molar-refractivity contribution >= 4 is 23.9 Å². The van der Waals surface area contributed by atoms with Crippen molar-refractivity contribution in [2.45, 2.75) is 417 Å². The lowest BCUT2D eigenvalue weighted by atomic mass is 9.98. The number of allylic oxidation sites excluding steroid dienone is 2. The van der Waals surface area contributed by atoms with Crippen molar-refractivity contribution in [1.29, 1.82) is 0 Å². The van der Waals surface area contributed by atoms with E-state index in [4.69, 9.17) is 23.7 Å². The molecule has 0 aromatic heterocycles. The van der Waals surface area contributed by atoms with E-state index in [1.165, 1.54) is 263 Å². The maximum absolute atomic E-state index is 13.3. The smallest absolute Gasteiger partial charge is 0.335 e. The van der Waals surface area contributed by atoms with Crippen LogP contribution in [0.1, 0.15) is 380 Å². The van der Waals surface area contributed by atoms with E-state index in [0.29, 0.717) is 19.3 Å². The number of carbonyl (C=O) groups excluding carboxylic acids is 3. The SMILES string of the molecule is CCCCCCCC/C=C\CCCCCCCCCCCC(=O)OCC(COC1OC(C(=O)O)C(O)C(O)C1OC(=O)CCCCCCCCCCCCCCCCCCCCC)OC(=O)CCCCCCCCCCCCCCCCCCC. The Morgan fingerprint density at radius 1 is 0.376 bits per heavy atom. The van der Waals surface area contributed by atoms with E-state index >= 15 is 0 Å². The van der Waals surface area contributed by atoms with Crippen LogP contribution in [-0.4, -0.2) is 89.2 Å². The van der Waals surface area contributed by atoms with Gasteiger partial charge in [-0.05, 0) is 44.9 Å². The van der Waals surface area contributed by atoms with Gasteiger partial charge >= 0.3 is 23.9 Å². The van der Waals surface area contributed by atoms with Crippen LogP contribution in [0.25, 0.3) is 0 Å². The van der Waals surface area contributed by atoms with Gasteiger partial charge < -0.3 is 39.0 Å². The zero-order valence-corrected chi connectivity index (χ0v) is 55.6. The Hall–Kier alpha value is -2.54. The van der Waals surface area contributed by atoms with E-state index in [-0.39, 0.29) is 25.9 Å². The molecule has 85 heavy (non-hydrogen) atoms. The normalized spacial score (nSPS) is 17.4. The number of rotatable bonds is 65. The fraction of sp³-hybridized carbons (Fsp3) is 0.918. The van der Waals surface area contributed by atoms with Gasteiger partial charge in [0, 0.05) is 19.3 Å². The maximum Gasteiger partial charge on any atom is 0.335 e. The first-order valence-corrected chi connectivity index (χ1v) is 36.7. The number of aliphatic carboxylic acids is 1. The highest BCUT2D eigenvalue weighted by Gasteiger charge is 2.50. The molecule has 0 amide bonds. The number of carboxylic acids is 1. The van der Waals surface area contributed by atoms with Crippen LogP contribution >= 0.6 is 0 Å². The zero-order valence-electron chi connectivity index (χ0n) is 55.6. The molecule has 0 radical (unpaired) electrons. The van der Waals surface area contributed by atoms with E-state index in [0.717, 1.165) is 57.8 Å². The summed E-state index contributed by atoms with van der Waals surface area (Å²) in [5, 5.41) is 31.7. The predicted molar refractivity (Wildman–Crippen MR) is 350 cm³/mol. The minimum atomic E-state index is -1.90. The van der Waals surface area contributed by atoms with Crippen molar-refractivity contribution in [2.75, 3.05) is 13.2 Å². The number of ether oxygens (including phenoxy) is 5. The van der Waals surface area contributed by atoms with Crippen molar-refractivity contribution in [3.63, 3.8) is 0 Å². The van der Waals surface area contributed by atoms with Crippen LogP contribution in [0, 0.1) is 0 Å². The molecule has 12 heteroatoms. The largest absolute Gasteiger partial charge is 0.479 e. The second kappa shape index (κ2) is 61.7. The molecule has 6 atom stereocenters. The summed E-state index contributed by atoms with van der Waals surface area (Å²) >= 11 is 0. The van der Waals surface area contributed by atoms with Crippen LogP contribution in [0.5, 0.6) is 0 Å². The molecule has 1 saturated heterocycles. The molecule has 0 bridgehead atoms. The third-order valence-corrected chi connectivity index (χ3v) is 17.3. The topological polar surface area (TPSA) is 175 Å². The Morgan fingerprint density at radius 3 is 1.00 bits per heavy atom. The maximum atomic E-state index is 13.3. The lowest BCUT2D eigenvalue weighted by Crippen LogP contribution is -2.61. The number of aliphatic hydroxyl groups excluding tert-OH is 2. The van der Waals surface area contributed by atoms with Crippen molar-refractivity contribution in [3.8, 4) is 0 Å². The summed E-state index contributed by atoms with van der Waals surface area (Å²) in [5.41, 5.74) is 0. The Balaban J connectivity index is 2.59. The molecule has 12 nitrogen and oxygen atoms in total. The van der Waals surface area contributed by atoms with Crippen molar-refractivity contribution in [2.24, 2.45) is 0 Å². The first-order chi connectivity index (χ1) is 41.6. The number of hydrogen-bond acceptors (Lipinski definition) is 11. The second-order valence-electron chi connectivity index (χ2n) is 25.6. The molecule has 0 saturated carbocycles. The standard InChI is InChI=1S/C73H136O12/c1-4-7-10-13-16-19-22-25-28-31-33-36-38-41-44-47-50-53-56-59-65(74)81-62-64(83-66(75)60-57-54-51-48-45-42-39-35-30-27-24-21-18-15-12-9-6-3)63-82-73-71(69(78)68(77)70(85-73)72(79)80)84-67(76)61-58-55-52-49-46-43-40-37-34-32-29-26-23-20-17-14-11-8-5-2/h25,28,64,68-71,73,77-78H,4-24,26-27,29-63H2,1-3H3,(H,79,80)/b28-25-. The van der Waals surface area contributed by atoms with E-state index in [1.807, 2.05) is 0 Å². The molecule has 500 valence electrons. The molecule has 0 aromatic rings.